The summed E-state index contributed by atoms with van der Waals surface area (Å²) in [5, 5.41) is 18.5. The van der Waals surface area contributed by atoms with Gasteiger partial charge >= 0.3 is 0 Å². The molecule has 1 amide bonds. The van der Waals surface area contributed by atoms with Gasteiger partial charge in [-0.05, 0) is 25.0 Å². The van der Waals surface area contributed by atoms with Gasteiger partial charge in [0.15, 0.2) is 0 Å². The maximum Gasteiger partial charge on any atom is 0.255 e. The van der Waals surface area contributed by atoms with Crippen LogP contribution in [0.4, 0.5) is 0 Å². The van der Waals surface area contributed by atoms with E-state index in [-0.39, 0.29) is 12.5 Å². The number of amides is 1. The van der Waals surface area contributed by atoms with Gasteiger partial charge in [0.1, 0.15) is 11.2 Å². The van der Waals surface area contributed by atoms with Gasteiger partial charge in [-0.2, -0.15) is 0 Å². The van der Waals surface area contributed by atoms with Crippen molar-refractivity contribution in [1.82, 2.24) is 29.3 Å². The van der Waals surface area contributed by atoms with Crippen LogP contribution in [0.2, 0.25) is 0 Å². The molecule has 1 aliphatic rings. The van der Waals surface area contributed by atoms with Crippen molar-refractivity contribution in [3.05, 3.63) is 48.7 Å². The lowest BCUT2D eigenvalue weighted by molar-refractivity contribution is -0.0387. The summed E-state index contributed by atoms with van der Waals surface area (Å²) in [5.41, 5.74) is 0.402. The molecule has 0 saturated carbocycles. The fourth-order valence-corrected chi connectivity index (χ4v) is 3.26. The minimum Gasteiger partial charge on any atom is -0.386 e. The number of aliphatic hydroxyl groups is 1. The number of hydrogen-bond donors (Lipinski definition) is 1. The maximum absolute atomic E-state index is 12.8. The summed E-state index contributed by atoms with van der Waals surface area (Å²) in [5.74, 6) is -0.0812. The Bertz CT molecular complexity index is 858. The van der Waals surface area contributed by atoms with Gasteiger partial charge in [-0.1, -0.05) is 5.21 Å². The highest BCUT2D eigenvalue weighted by Gasteiger charge is 2.36. The van der Waals surface area contributed by atoms with Crippen molar-refractivity contribution in [1.29, 1.82) is 0 Å². The lowest BCUT2D eigenvalue weighted by Gasteiger charge is -2.39. The monoisotopic (exact) mass is 326 g/mol. The third-order valence-electron chi connectivity index (χ3n) is 4.41. The summed E-state index contributed by atoms with van der Waals surface area (Å²) in [6, 6.07) is 3.59. The number of β-amino-alcohol motifs (C(OH)–C–C–N with tert-alkyl or cyclic N) is 1. The molecule has 1 unspecified atom stereocenters. The Labute approximate surface area is 138 Å². The number of likely N-dealkylation sites (tertiary alicyclic amines) is 1. The van der Waals surface area contributed by atoms with E-state index in [0.717, 1.165) is 12.1 Å². The molecule has 1 saturated heterocycles. The van der Waals surface area contributed by atoms with Gasteiger partial charge in [-0.15, -0.1) is 5.10 Å². The van der Waals surface area contributed by atoms with Gasteiger partial charge in [-0.3, -0.25) is 4.79 Å². The molecular formula is C16H18N6O2. The third-order valence-corrected chi connectivity index (χ3v) is 4.41. The van der Waals surface area contributed by atoms with Crippen LogP contribution in [-0.2, 0) is 6.54 Å². The first-order valence-electron chi connectivity index (χ1n) is 7.91. The van der Waals surface area contributed by atoms with Crippen molar-refractivity contribution < 1.29 is 9.90 Å². The van der Waals surface area contributed by atoms with E-state index in [1.54, 1.807) is 40.4 Å². The van der Waals surface area contributed by atoms with E-state index < -0.39 is 5.60 Å². The zero-order valence-corrected chi connectivity index (χ0v) is 13.1. The van der Waals surface area contributed by atoms with Crippen molar-refractivity contribution in [3.8, 4) is 0 Å². The van der Waals surface area contributed by atoms with E-state index in [2.05, 4.69) is 15.3 Å². The van der Waals surface area contributed by atoms with E-state index in [0.29, 0.717) is 25.1 Å². The fraction of sp³-hybridized carbons (Fsp3) is 0.375. The summed E-state index contributed by atoms with van der Waals surface area (Å²) in [7, 11) is 0. The number of carbonyl (C=O) groups excluding carboxylic acids is 1. The third kappa shape index (κ3) is 2.76. The number of carbonyl (C=O) groups is 1. The molecule has 1 N–H and O–H groups in total. The second-order valence-corrected chi connectivity index (χ2v) is 6.27. The highest BCUT2D eigenvalue weighted by molar-refractivity contribution is 5.94. The van der Waals surface area contributed by atoms with Gasteiger partial charge in [0.25, 0.3) is 5.91 Å². The first-order chi connectivity index (χ1) is 11.6. The molecule has 1 fully saturated rings. The Morgan fingerprint density at radius 2 is 2.21 bits per heavy atom. The van der Waals surface area contributed by atoms with Gasteiger partial charge in [-0.25, -0.2) is 9.67 Å². The van der Waals surface area contributed by atoms with E-state index >= 15 is 0 Å². The second kappa shape index (κ2) is 5.72. The molecule has 0 radical (unpaired) electrons. The second-order valence-electron chi connectivity index (χ2n) is 6.27. The lowest BCUT2D eigenvalue weighted by Crippen LogP contribution is -2.52. The van der Waals surface area contributed by atoms with Crippen LogP contribution in [0.1, 0.15) is 23.2 Å². The Balaban J connectivity index is 1.53. The quantitative estimate of drug-likeness (QED) is 0.761. The number of aromatic nitrogens is 5. The van der Waals surface area contributed by atoms with Crippen LogP contribution in [0.15, 0.2) is 43.1 Å². The van der Waals surface area contributed by atoms with Crippen molar-refractivity contribution >= 4 is 11.6 Å². The van der Waals surface area contributed by atoms with Crippen LogP contribution in [-0.4, -0.2) is 59.0 Å². The highest BCUT2D eigenvalue weighted by atomic mass is 16.3. The Morgan fingerprint density at radius 3 is 3.04 bits per heavy atom. The molecule has 24 heavy (non-hydrogen) atoms. The fourth-order valence-electron chi connectivity index (χ4n) is 3.26. The van der Waals surface area contributed by atoms with Crippen LogP contribution < -0.4 is 0 Å². The smallest absolute Gasteiger partial charge is 0.255 e. The highest BCUT2D eigenvalue weighted by Crippen LogP contribution is 2.24. The average molecular weight is 326 g/mol. The van der Waals surface area contributed by atoms with Crippen molar-refractivity contribution in [3.63, 3.8) is 0 Å². The molecule has 0 spiro atoms. The number of imidazole rings is 1. The molecule has 8 nitrogen and oxygen atoms in total. The zero-order valence-electron chi connectivity index (χ0n) is 13.1. The minimum atomic E-state index is -0.985. The van der Waals surface area contributed by atoms with Crippen LogP contribution in [0.3, 0.4) is 0 Å². The standard InChI is InChI=1S/C16H18N6O2/c23-15(13-2-3-14-17-5-8-20(14)10-13)21-7-1-4-16(24,11-21)12-22-9-6-18-19-22/h2-3,5-6,8-10,24H,1,4,7,11-12H2. The number of pyridine rings is 1. The molecule has 0 aliphatic carbocycles. The first kappa shape index (κ1) is 14.8. The van der Waals surface area contributed by atoms with Gasteiger partial charge < -0.3 is 14.4 Å². The topological polar surface area (TPSA) is 88.5 Å². The van der Waals surface area contributed by atoms with Gasteiger partial charge in [0.2, 0.25) is 0 Å². The zero-order chi connectivity index (χ0) is 16.6. The van der Waals surface area contributed by atoms with Crippen LogP contribution in [0.5, 0.6) is 0 Å². The molecule has 4 heterocycles. The molecule has 0 bridgehead atoms. The van der Waals surface area contributed by atoms with E-state index in [9.17, 15) is 9.90 Å². The summed E-state index contributed by atoms with van der Waals surface area (Å²) in [6.45, 7) is 1.26. The van der Waals surface area contributed by atoms with E-state index in [1.807, 2.05) is 16.7 Å². The predicted octanol–water partition coefficient (Wildman–Crippen LogP) is 0.593. The van der Waals surface area contributed by atoms with Gasteiger partial charge in [0, 0.05) is 31.3 Å². The van der Waals surface area contributed by atoms with E-state index in [1.165, 1.54) is 0 Å². The largest absolute Gasteiger partial charge is 0.386 e. The number of rotatable bonds is 3. The molecule has 8 heteroatoms. The number of fused-ring (bicyclic) bond motifs is 1. The molecule has 1 aliphatic heterocycles. The lowest BCUT2D eigenvalue weighted by atomic mass is 9.92. The Kier molecular flexibility index (Phi) is 3.53. The average Bonchev–Trinajstić information content (AvgIpc) is 3.24. The molecule has 3 aromatic heterocycles. The van der Waals surface area contributed by atoms with E-state index in [4.69, 9.17) is 0 Å². The molecule has 1 atom stereocenters. The molecule has 0 aromatic carbocycles. The van der Waals surface area contributed by atoms with Crippen LogP contribution in [0.25, 0.3) is 5.65 Å². The summed E-state index contributed by atoms with van der Waals surface area (Å²) < 4.78 is 3.42. The molecule has 124 valence electrons. The van der Waals surface area contributed by atoms with Crippen LogP contribution >= 0.6 is 0 Å². The summed E-state index contributed by atoms with van der Waals surface area (Å²) >= 11 is 0. The Hall–Kier alpha value is -2.74. The maximum atomic E-state index is 12.8. The van der Waals surface area contributed by atoms with Gasteiger partial charge in [0.05, 0.1) is 24.8 Å². The minimum absolute atomic E-state index is 0.0812. The predicted molar refractivity (Wildman–Crippen MR) is 85.3 cm³/mol. The van der Waals surface area contributed by atoms with Crippen molar-refractivity contribution in [2.24, 2.45) is 0 Å². The van der Waals surface area contributed by atoms with Crippen LogP contribution in [0, 0.1) is 0 Å². The summed E-state index contributed by atoms with van der Waals surface area (Å²) in [6.07, 6.45) is 9.96. The van der Waals surface area contributed by atoms with Crippen molar-refractivity contribution in [2.75, 3.05) is 13.1 Å². The number of piperidine rings is 1. The normalized spacial score (nSPS) is 21.3. The molecule has 4 rings (SSSR count). The Morgan fingerprint density at radius 1 is 1.29 bits per heavy atom. The number of hydrogen-bond acceptors (Lipinski definition) is 5. The molecular weight excluding hydrogens is 308 g/mol. The SMILES string of the molecule is O=C(c1ccc2nccn2c1)N1CCCC(O)(Cn2ccnn2)C1. The van der Waals surface area contributed by atoms with Crippen molar-refractivity contribution in [2.45, 2.75) is 25.0 Å². The summed E-state index contributed by atoms with van der Waals surface area (Å²) in [4.78, 5) is 18.7. The molecule has 3 aromatic rings. The number of nitrogens with zero attached hydrogens (tertiary/aromatic N) is 6. The first-order valence-corrected chi connectivity index (χ1v) is 7.91.